The van der Waals surface area contributed by atoms with E-state index in [0.717, 1.165) is 15.3 Å². The normalized spacial score (nSPS) is 11.3. The fraction of sp³-hybridized carbons (Fsp3) is 0.353. The van der Waals surface area contributed by atoms with Crippen LogP contribution in [0.25, 0.3) is 10.4 Å². The van der Waals surface area contributed by atoms with Gasteiger partial charge in [0.05, 0.1) is 11.5 Å². The highest BCUT2D eigenvalue weighted by molar-refractivity contribution is 7.15. The number of non-ortho nitro benzene ring substituents is 1. The van der Waals surface area contributed by atoms with Gasteiger partial charge >= 0.3 is 0 Å². The molecule has 2 aromatic rings. The van der Waals surface area contributed by atoms with Crippen molar-refractivity contribution in [1.82, 2.24) is 10.6 Å². The molecule has 0 atom stereocenters. The van der Waals surface area contributed by atoms with Gasteiger partial charge in [0.2, 0.25) is 5.91 Å². The van der Waals surface area contributed by atoms with Gasteiger partial charge in [0, 0.05) is 34.0 Å². The molecule has 6 nitrogen and oxygen atoms in total. The van der Waals surface area contributed by atoms with Crippen LogP contribution in [0.5, 0.6) is 0 Å². The number of nitrogens with one attached hydrogen (secondary N) is 2. The minimum Gasteiger partial charge on any atom is -0.350 e. The first-order valence-electron chi connectivity index (χ1n) is 7.60. The summed E-state index contributed by atoms with van der Waals surface area (Å²) >= 11 is 1.60. The fourth-order valence-corrected chi connectivity index (χ4v) is 3.12. The maximum atomic E-state index is 11.7. The van der Waals surface area contributed by atoms with E-state index in [1.807, 2.05) is 32.9 Å². The van der Waals surface area contributed by atoms with Gasteiger partial charge in [0.15, 0.2) is 0 Å². The monoisotopic (exact) mass is 347 g/mol. The summed E-state index contributed by atoms with van der Waals surface area (Å²) in [6.07, 6.45) is 0. The molecule has 2 rings (SSSR count). The summed E-state index contributed by atoms with van der Waals surface area (Å²) in [4.78, 5) is 24.2. The summed E-state index contributed by atoms with van der Waals surface area (Å²) in [5.41, 5.74) is 0.800. The summed E-state index contributed by atoms with van der Waals surface area (Å²) in [6, 6.07) is 10.5. The van der Waals surface area contributed by atoms with Crippen molar-refractivity contribution in [1.29, 1.82) is 0 Å². The van der Waals surface area contributed by atoms with E-state index in [1.54, 1.807) is 23.5 Å². The minimum atomic E-state index is -0.407. The van der Waals surface area contributed by atoms with Crippen molar-refractivity contribution in [3.05, 3.63) is 51.4 Å². The molecule has 24 heavy (non-hydrogen) atoms. The Hall–Kier alpha value is -2.25. The van der Waals surface area contributed by atoms with E-state index in [2.05, 4.69) is 10.6 Å². The molecule has 0 saturated heterocycles. The number of rotatable bonds is 6. The molecule has 2 N–H and O–H groups in total. The molecule has 1 aromatic heterocycles. The standard InChI is InChI=1S/C17H21N3O3S/c1-17(2,3)19-16(21)11-18-10-14-8-9-15(24-14)12-4-6-13(7-5-12)20(22)23/h4-9,18H,10-11H2,1-3H3,(H,19,21). The number of nitrogens with zero attached hydrogens (tertiary/aromatic N) is 1. The van der Waals surface area contributed by atoms with Crippen LogP contribution in [-0.4, -0.2) is 22.9 Å². The van der Waals surface area contributed by atoms with Gasteiger partial charge in [0.25, 0.3) is 5.69 Å². The fourth-order valence-electron chi connectivity index (χ4n) is 2.14. The topological polar surface area (TPSA) is 84.3 Å². The zero-order chi connectivity index (χ0) is 17.7. The van der Waals surface area contributed by atoms with Crippen molar-refractivity contribution < 1.29 is 9.72 Å². The molecule has 0 aliphatic carbocycles. The summed E-state index contributed by atoms with van der Waals surface area (Å²) in [5.74, 6) is -0.0327. The van der Waals surface area contributed by atoms with Crippen molar-refractivity contribution in [2.45, 2.75) is 32.9 Å². The summed E-state index contributed by atoms with van der Waals surface area (Å²) < 4.78 is 0. The lowest BCUT2D eigenvalue weighted by Gasteiger charge is -2.20. The third kappa shape index (κ3) is 5.43. The third-order valence-electron chi connectivity index (χ3n) is 3.12. The lowest BCUT2D eigenvalue weighted by atomic mass is 10.1. The van der Waals surface area contributed by atoms with Gasteiger partial charge in [-0.3, -0.25) is 14.9 Å². The van der Waals surface area contributed by atoms with Crippen LogP contribution in [0.2, 0.25) is 0 Å². The molecule has 0 radical (unpaired) electrons. The minimum absolute atomic E-state index is 0.0327. The molecule has 1 amide bonds. The maximum absolute atomic E-state index is 11.7. The third-order valence-corrected chi connectivity index (χ3v) is 4.26. The molecule has 0 bridgehead atoms. The van der Waals surface area contributed by atoms with Crippen molar-refractivity contribution in [2.75, 3.05) is 6.54 Å². The molecular weight excluding hydrogens is 326 g/mol. The Kier molecular flexibility index (Phi) is 5.69. The van der Waals surface area contributed by atoms with E-state index in [9.17, 15) is 14.9 Å². The number of benzene rings is 1. The van der Waals surface area contributed by atoms with Crippen molar-refractivity contribution in [3.8, 4) is 10.4 Å². The Balaban J connectivity index is 1.89. The van der Waals surface area contributed by atoms with Crippen LogP contribution in [0.4, 0.5) is 5.69 Å². The largest absolute Gasteiger partial charge is 0.350 e. The smallest absolute Gasteiger partial charge is 0.269 e. The number of hydrogen-bond acceptors (Lipinski definition) is 5. The highest BCUT2D eigenvalue weighted by Crippen LogP contribution is 2.29. The van der Waals surface area contributed by atoms with Crippen molar-refractivity contribution in [2.24, 2.45) is 0 Å². The lowest BCUT2D eigenvalue weighted by Crippen LogP contribution is -2.44. The first kappa shape index (κ1) is 18.1. The predicted octanol–water partition coefficient (Wildman–Crippen LogP) is 3.33. The summed E-state index contributed by atoms with van der Waals surface area (Å²) in [7, 11) is 0. The van der Waals surface area contributed by atoms with Crippen LogP contribution >= 0.6 is 11.3 Å². The number of carbonyl (C=O) groups excluding carboxylic acids is 1. The predicted molar refractivity (Wildman–Crippen MR) is 96.0 cm³/mol. The highest BCUT2D eigenvalue weighted by atomic mass is 32.1. The molecule has 0 aliphatic heterocycles. The molecule has 0 unspecified atom stereocenters. The van der Waals surface area contributed by atoms with E-state index >= 15 is 0 Å². The molecule has 0 fully saturated rings. The second-order valence-electron chi connectivity index (χ2n) is 6.47. The van der Waals surface area contributed by atoms with Gasteiger partial charge in [-0.2, -0.15) is 0 Å². The Labute approximate surface area is 145 Å². The Morgan fingerprint density at radius 1 is 1.17 bits per heavy atom. The van der Waals surface area contributed by atoms with E-state index in [1.165, 1.54) is 12.1 Å². The number of amides is 1. The van der Waals surface area contributed by atoms with Crippen LogP contribution in [0, 0.1) is 10.1 Å². The van der Waals surface area contributed by atoms with Gasteiger partial charge in [-0.25, -0.2) is 0 Å². The molecule has 1 heterocycles. The Morgan fingerprint density at radius 3 is 2.42 bits per heavy atom. The van der Waals surface area contributed by atoms with Gasteiger partial charge in [-0.15, -0.1) is 11.3 Å². The molecule has 0 saturated carbocycles. The van der Waals surface area contributed by atoms with Gasteiger partial charge in [-0.05, 0) is 50.6 Å². The lowest BCUT2D eigenvalue weighted by molar-refractivity contribution is -0.384. The van der Waals surface area contributed by atoms with E-state index in [4.69, 9.17) is 0 Å². The van der Waals surface area contributed by atoms with Crippen LogP contribution in [0.1, 0.15) is 25.6 Å². The number of thiophene rings is 1. The van der Waals surface area contributed by atoms with Crippen molar-refractivity contribution in [3.63, 3.8) is 0 Å². The first-order chi connectivity index (χ1) is 11.2. The summed E-state index contributed by atoms with van der Waals surface area (Å²) in [6.45, 7) is 6.71. The van der Waals surface area contributed by atoms with Crippen LogP contribution in [0.15, 0.2) is 36.4 Å². The highest BCUT2D eigenvalue weighted by Gasteiger charge is 2.13. The van der Waals surface area contributed by atoms with Gasteiger partial charge < -0.3 is 10.6 Å². The quantitative estimate of drug-likeness (QED) is 0.620. The number of carbonyl (C=O) groups is 1. The molecule has 7 heteroatoms. The SMILES string of the molecule is CC(C)(C)NC(=O)CNCc1ccc(-c2ccc([N+](=O)[O-])cc2)s1. The number of nitro benzene ring substituents is 1. The van der Waals surface area contributed by atoms with Crippen molar-refractivity contribution >= 4 is 22.9 Å². The Bertz CT molecular complexity index is 717. The van der Waals surface area contributed by atoms with E-state index in [-0.39, 0.29) is 23.7 Å². The number of hydrogen-bond donors (Lipinski definition) is 2. The molecule has 0 aliphatic rings. The molecular formula is C17H21N3O3S. The van der Waals surface area contributed by atoms with E-state index < -0.39 is 4.92 Å². The maximum Gasteiger partial charge on any atom is 0.269 e. The zero-order valence-electron chi connectivity index (χ0n) is 14.0. The molecule has 1 aromatic carbocycles. The molecule has 0 spiro atoms. The zero-order valence-corrected chi connectivity index (χ0v) is 14.8. The van der Waals surface area contributed by atoms with Gasteiger partial charge in [-0.1, -0.05) is 0 Å². The molecule has 128 valence electrons. The average Bonchev–Trinajstić information content (AvgIpc) is 2.94. The average molecular weight is 347 g/mol. The van der Waals surface area contributed by atoms with Crippen LogP contribution in [-0.2, 0) is 11.3 Å². The number of nitro groups is 1. The first-order valence-corrected chi connectivity index (χ1v) is 8.41. The van der Waals surface area contributed by atoms with E-state index in [0.29, 0.717) is 6.54 Å². The summed E-state index contributed by atoms with van der Waals surface area (Å²) in [5, 5.41) is 16.7. The Morgan fingerprint density at radius 2 is 1.83 bits per heavy atom. The second-order valence-corrected chi connectivity index (χ2v) is 7.64. The second kappa shape index (κ2) is 7.55. The van der Waals surface area contributed by atoms with Crippen LogP contribution < -0.4 is 10.6 Å². The van der Waals surface area contributed by atoms with Crippen LogP contribution in [0.3, 0.4) is 0 Å². The van der Waals surface area contributed by atoms with Gasteiger partial charge in [0.1, 0.15) is 0 Å².